The van der Waals surface area contributed by atoms with E-state index in [4.69, 9.17) is 14.2 Å². The van der Waals surface area contributed by atoms with Crippen LogP contribution in [-0.2, 0) is 28.6 Å². The second-order valence-electron chi connectivity index (χ2n) is 15.6. The van der Waals surface area contributed by atoms with Gasteiger partial charge >= 0.3 is 17.9 Å². The van der Waals surface area contributed by atoms with Crippen LogP contribution in [0.3, 0.4) is 0 Å². The van der Waals surface area contributed by atoms with E-state index < -0.39 is 6.10 Å². The third-order valence-corrected chi connectivity index (χ3v) is 9.99. The minimum absolute atomic E-state index is 0.0795. The van der Waals surface area contributed by atoms with Crippen molar-refractivity contribution in [3.63, 3.8) is 0 Å². The molecule has 0 rings (SSSR count). The fraction of sp³-hybridized carbons (Fsp3) is 0.745. The molecule has 6 nitrogen and oxygen atoms in total. The summed E-state index contributed by atoms with van der Waals surface area (Å²) in [6.07, 6.45) is 55.0. The van der Waals surface area contributed by atoms with Crippen molar-refractivity contribution < 1.29 is 28.6 Å². The largest absolute Gasteiger partial charge is 0.462 e. The van der Waals surface area contributed by atoms with Gasteiger partial charge in [0.25, 0.3) is 0 Å². The lowest BCUT2D eigenvalue weighted by atomic mass is 10.1. The molecule has 0 aromatic rings. The quantitative estimate of drug-likeness (QED) is 0.0265. The second-order valence-corrected chi connectivity index (χ2v) is 15.6. The Balaban J connectivity index is 4.24. The summed E-state index contributed by atoms with van der Waals surface area (Å²) in [4.78, 5) is 37.7. The molecule has 0 amide bonds. The maximum atomic E-state index is 12.7. The zero-order chi connectivity index (χ0) is 41.5. The van der Waals surface area contributed by atoms with E-state index in [1.54, 1.807) is 0 Å². The van der Waals surface area contributed by atoms with Crippen molar-refractivity contribution in [2.24, 2.45) is 0 Å². The van der Waals surface area contributed by atoms with Gasteiger partial charge in [0.2, 0.25) is 0 Å². The number of allylic oxidation sites excluding steroid dienone is 10. The molecule has 0 heterocycles. The van der Waals surface area contributed by atoms with Crippen LogP contribution in [0.4, 0.5) is 0 Å². The zero-order valence-corrected chi connectivity index (χ0v) is 37.3. The molecular formula is C51H88O6. The van der Waals surface area contributed by atoms with Crippen molar-refractivity contribution in [3.05, 3.63) is 60.8 Å². The highest BCUT2D eigenvalue weighted by atomic mass is 16.6. The lowest BCUT2D eigenvalue weighted by Gasteiger charge is -2.18. The van der Waals surface area contributed by atoms with Crippen LogP contribution in [0.15, 0.2) is 60.8 Å². The van der Waals surface area contributed by atoms with Gasteiger partial charge in [-0.1, -0.05) is 191 Å². The van der Waals surface area contributed by atoms with E-state index >= 15 is 0 Å². The van der Waals surface area contributed by atoms with Crippen LogP contribution >= 0.6 is 0 Å². The first kappa shape index (κ1) is 54.1. The van der Waals surface area contributed by atoms with Gasteiger partial charge < -0.3 is 14.2 Å². The number of carbonyl (C=O) groups is 3. The predicted molar refractivity (Wildman–Crippen MR) is 242 cm³/mol. The maximum absolute atomic E-state index is 12.7. The number of ether oxygens (including phenoxy) is 3. The summed E-state index contributed by atoms with van der Waals surface area (Å²) in [6.45, 7) is 6.41. The Hall–Kier alpha value is -2.89. The summed E-state index contributed by atoms with van der Waals surface area (Å²) < 4.78 is 16.7. The van der Waals surface area contributed by atoms with Crippen LogP contribution in [0.1, 0.15) is 226 Å². The smallest absolute Gasteiger partial charge is 0.306 e. The third-order valence-electron chi connectivity index (χ3n) is 9.99. The molecule has 0 saturated carbocycles. The first-order valence-corrected chi connectivity index (χ1v) is 23.8. The summed E-state index contributed by atoms with van der Waals surface area (Å²) in [5.41, 5.74) is 0. The van der Waals surface area contributed by atoms with E-state index in [-0.39, 0.29) is 31.1 Å². The Morgan fingerprint density at radius 2 is 0.719 bits per heavy atom. The van der Waals surface area contributed by atoms with Crippen molar-refractivity contribution in [1.82, 2.24) is 0 Å². The molecular weight excluding hydrogens is 709 g/mol. The number of hydrogen-bond donors (Lipinski definition) is 0. The zero-order valence-electron chi connectivity index (χ0n) is 37.3. The highest BCUT2D eigenvalue weighted by Crippen LogP contribution is 2.14. The second kappa shape index (κ2) is 45.8. The number of rotatable bonds is 42. The van der Waals surface area contributed by atoms with E-state index in [0.717, 1.165) is 109 Å². The van der Waals surface area contributed by atoms with E-state index in [2.05, 4.69) is 81.5 Å². The van der Waals surface area contributed by atoms with E-state index in [1.807, 2.05) is 0 Å². The van der Waals surface area contributed by atoms with Crippen LogP contribution in [0.25, 0.3) is 0 Å². The molecule has 0 aliphatic rings. The summed E-state index contributed by atoms with van der Waals surface area (Å²) in [6, 6.07) is 0. The van der Waals surface area contributed by atoms with E-state index in [9.17, 15) is 14.4 Å². The summed E-state index contributed by atoms with van der Waals surface area (Å²) in [7, 11) is 0. The molecule has 6 heteroatoms. The normalized spacial score (nSPS) is 12.5. The summed E-state index contributed by atoms with van der Waals surface area (Å²) in [5, 5.41) is 0. The monoisotopic (exact) mass is 797 g/mol. The molecule has 0 bridgehead atoms. The molecule has 0 aromatic heterocycles. The Morgan fingerprint density at radius 3 is 1.16 bits per heavy atom. The molecule has 0 aliphatic carbocycles. The van der Waals surface area contributed by atoms with Crippen LogP contribution in [0, 0.1) is 0 Å². The van der Waals surface area contributed by atoms with Crippen LogP contribution < -0.4 is 0 Å². The number of carbonyl (C=O) groups excluding carboxylic acids is 3. The molecule has 0 aromatic carbocycles. The minimum Gasteiger partial charge on any atom is -0.462 e. The van der Waals surface area contributed by atoms with E-state index in [0.29, 0.717) is 19.3 Å². The molecule has 0 spiro atoms. The molecule has 0 N–H and O–H groups in total. The standard InChI is InChI=1S/C51H88O6/c1-4-7-10-13-16-19-21-22-23-24-25-26-27-28-29-30-31-33-35-38-41-44-50(53)56-47-48(46-55-49(52)43-40-37-34-18-15-12-9-6-3)57-51(54)45-42-39-36-32-20-17-14-11-8-5-2/h7,10-11,14,16,19,22-23,25-26,48H,4-6,8-9,12-13,15,17-18,20-21,24,27-47H2,1-3H3/b10-7-,14-11-,19-16-,23-22-,26-25-. The van der Waals surface area contributed by atoms with Gasteiger partial charge in [-0.2, -0.15) is 0 Å². The van der Waals surface area contributed by atoms with Crippen molar-refractivity contribution in [2.45, 2.75) is 232 Å². The fourth-order valence-electron chi connectivity index (χ4n) is 6.43. The van der Waals surface area contributed by atoms with Gasteiger partial charge in [-0.15, -0.1) is 0 Å². The number of unbranched alkanes of at least 4 members (excludes halogenated alkanes) is 21. The molecule has 0 aliphatic heterocycles. The van der Waals surface area contributed by atoms with Gasteiger partial charge in [-0.05, 0) is 77.0 Å². The minimum atomic E-state index is -0.776. The van der Waals surface area contributed by atoms with Crippen LogP contribution in [0.5, 0.6) is 0 Å². The molecule has 0 fully saturated rings. The molecule has 1 unspecified atom stereocenters. The van der Waals surface area contributed by atoms with Gasteiger partial charge in [-0.25, -0.2) is 0 Å². The van der Waals surface area contributed by atoms with E-state index in [1.165, 1.54) is 77.0 Å². The van der Waals surface area contributed by atoms with Crippen molar-refractivity contribution in [1.29, 1.82) is 0 Å². The van der Waals surface area contributed by atoms with Crippen molar-refractivity contribution in [3.8, 4) is 0 Å². The lowest BCUT2D eigenvalue weighted by Crippen LogP contribution is -2.30. The Labute approximate surface area is 351 Å². The Bertz CT molecular complexity index is 1050. The molecule has 57 heavy (non-hydrogen) atoms. The van der Waals surface area contributed by atoms with Gasteiger partial charge in [0.05, 0.1) is 0 Å². The number of esters is 3. The number of hydrogen-bond acceptors (Lipinski definition) is 6. The molecule has 328 valence electrons. The van der Waals surface area contributed by atoms with Crippen LogP contribution in [0.2, 0.25) is 0 Å². The SMILES string of the molecule is CC/C=C\C/C=C\C/C=C\C/C=C\CCCCCCCCCCC(=O)OCC(COC(=O)CCCCCCCCCC)OC(=O)CCCCCCC/C=C\CCC. The van der Waals surface area contributed by atoms with Gasteiger partial charge in [-0.3, -0.25) is 14.4 Å². The van der Waals surface area contributed by atoms with Gasteiger partial charge in [0.15, 0.2) is 6.10 Å². The topological polar surface area (TPSA) is 78.9 Å². The highest BCUT2D eigenvalue weighted by molar-refractivity contribution is 5.71. The van der Waals surface area contributed by atoms with Crippen molar-refractivity contribution in [2.75, 3.05) is 13.2 Å². The first-order chi connectivity index (χ1) is 28.0. The first-order valence-electron chi connectivity index (χ1n) is 23.8. The van der Waals surface area contributed by atoms with Crippen LogP contribution in [-0.4, -0.2) is 37.2 Å². The van der Waals surface area contributed by atoms with Gasteiger partial charge in [0.1, 0.15) is 13.2 Å². The molecule has 0 saturated heterocycles. The lowest BCUT2D eigenvalue weighted by molar-refractivity contribution is -0.167. The maximum Gasteiger partial charge on any atom is 0.306 e. The van der Waals surface area contributed by atoms with Gasteiger partial charge in [0, 0.05) is 19.3 Å². The highest BCUT2D eigenvalue weighted by Gasteiger charge is 2.19. The summed E-state index contributed by atoms with van der Waals surface area (Å²) in [5.74, 6) is -0.905. The average molecular weight is 797 g/mol. The molecule has 0 radical (unpaired) electrons. The summed E-state index contributed by atoms with van der Waals surface area (Å²) >= 11 is 0. The predicted octanol–water partition coefficient (Wildman–Crippen LogP) is 15.3. The Morgan fingerprint density at radius 1 is 0.368 bits per heavy atom. The average Bonchev–Trinajstić information content (AvgIpc) is 3.21. The molecule has 1 atom stereocenters. The Kier molecular flexibility index (Phi) is 43.5. The fourth-order valence-corrected chi connectivity index (χ4v) is 6.43. The van der Waals surface area contributed by atoms with Crippen molar-refractivity contribution >= 4 is 17.9 Å². The third kappa shape index (κ3) is 44.1.